The minimum Gasteiger partial charge on any atom is -0.481 e. The summed E-state index contributed by atoms with van der Waals surface area (Å²) in [5, 5.41) is 13.4. The van der Waals surface area contributed by atoms with Crippen molar-refractivity contribution in [2.45, 2.75) is 45.2 Å². The molecule has 0 bridgehead atoms. The number of benzene rings is 1. The number of rotatable bonds is 11. The van der Waals surface area contributed by atoms with Crippen molar-refractivity contribution < 1.29 is 33.9 Å². The highest BCUT2D eigenvalue weighted by molar-refractivity contribution is 5.96. The van der Waals surface area contributed by atoms with Crippen LogP contribution in [-0.4, -0.2) is 106 Å². The molecular weight excluding hydrogens is 532 g/mol. The average molecular weight is 569 g/mol. The van der Waals surface area contributed by atoms with E-state index >= 15 is 0 Å². The molecule has 2 fully saturated rings. The van der Waals surface area contributed by atoms with Gasteiger partial charge in [-0.05, 0) is 45.3 Å². The van der Waals surface area contributed by atoms with Gasteiger partial charge < -0.3 is 24.9 Å². The second-order valence-electron chi connectivity index (χ2n) is 9.90. The highest BCUT2D eigenvalue weighted by Crippen LogP contribution is 2.19. The summed E-state index contributed by atoms with van der Waals surface area (Å²) in [5.74, 6) is -1.67. The molecule has 2 amide bonds. The normalized spacial score (nSPS) is 16.7. The number of ether oxygens (including phenoxy) is 1. The Kier molecular flexibility index (Phi) is 10.6. The molecule has 2 aliphatic rings. The lowest BCUT2D eigenvalue weighted by Crippen LogP contribution is -2.55. The van der Waals surface area contributed by atoms with Gasteiger partial charge in [0, 0.05) is 31.6 Å². The van der Waals surface area contributed by atoms with Crippen molar-refractivity contribution in [2.24, 2.45) is 0 Å². The van der Waals surface area contributed by atoms with Crippen molar-refractivity contribution in [2.75, 3.05) is 45.9 Å². The molecule has 3 heterocycles. The number of carbonyl (C=O) groups is 4. The Hall–Kier alpha value is -4.10. The minimum atomic E-state index is -1.08. The number of carboxylic acid groups (broad SMARTS) is 1. The van der Waals surface area contributed by atoms with E-state index < -0.39 is 30.0 Å². The number of carbonyl (C=O) groups excluding carboxylic acids is 3. The van der Waals surface area contributed by atoms with Gasteiger partial charge in [-0.25, -0.2) is 14.8 Å². The van der Waals surface area contributed by atoms with E-state index in [0.29, 0.717) is 18.1 Å². The average Bonchev–Trinajstić information content (AvgIpc) is 3.48. The molecule has 0 radical (unpaired) electrons. The van der Waals surface area contributed by atoms with Gasteiger partial charge in [-0.15, -0.1) is 5.06 Å². The van der Waals surface area contributed by atoms with Gasteiger partial charge in [-0.1, -0.05) is 30.3 Å². The molecule has 13 heteroatoms. The number of nitrogens with one attached hydrogen (secondary N) is 1. The van der Waals surface area contributed by atoms with Crippen LogP contribution in [0.15, 0.2) is 36.4 Å². The molecule has 2 aromatic rings. The first kappa shape index (κ1) is 29.9. The predicted octanol–water partition coefficient (Wildman–Crippen LogP) is 1.93. The van der Waals surface area contributed by atoms with Crippen LogP contribution in [0, 0.1) is 0 Å². The lowest BCUT2D eigenvalue weighted by molar-refractivity contribution is -0.157. The monoisotopic (exact) mass is 568 g/mol. The van der Waals surface area contributed by atoms with Crippen molar-refractivity contribution in [1.29, 1.82) is 0 Å². The largest absolute Gasteiger partial charge is 0.527 e. The van der Waals surface area contributed by atoms with Gasteiger partial charge in [0.05, 0.1) is 25.4 Å². The Labute approximate surface area is 238 Å². The Bertz CT molecular complexity index is 1210. The van der Waals surface area contributed by atoms with E-state index in [9.17, 15) is 24.3 Å². The number of likely N-dealkylation sites (tertiary alicyclic amines) is 1. The van der Waals surface area contributed by atoms with Crippen LogP contribution in [-0.2, 0) is 25.7 Å². The van der Waals surface area contributed by atoms with Gasteiger partial charge in [0.15, 0.2) is 5.82 Å². The smallest absolute Gasteiger partial charge is 0.481 e. The summed E-state index contributed by atoms with van der Waals surface area (Å²) in [7, 11) is 0. The number of aromatic nitrogens is 2. The predicted molar refractivity (Wildman–Crippen MR) is 146 cm³/mol. The van der Waals surface area contributed by atoms with Crippen molar-refractivity contribution in [1.82, 2.24) is 30.1 Å². The first-order valence-corrected chi connectivity index (χ1v) is 13.9. The molecule has 13 nitrogen and oxygen atoms in total. The summed E-state index contributed by atoms with van der Waals surface area (Å²) in [6, 6.07) is 9.89. The van der Waals surface area contributed by atoms with E-state index in [0.717, 1.165) is 31.5 Å². The number of hydrogen-bond donors (Lipinski definition) is 2. The Morgan fingerprint density at radius 1 is 1.00 bits per heavy atom. The van der Waals surface area contributed by atoms with Crippen molar-refractivity contribution in [3.05, 3.63) is 47.8 Å². The van der Waals surface area contributed by atoms with E-state index in [1.165, 1.54) is 9.96 Å². The number of hydroxylamine groups is 2. The first-order chi connectivity index (χ1) is 19.8. The van der Waals surface area contributed by atoms with Crippen molar-refractivity contribution in [3.8, 4) is 11.4 Å². The van der Waals surface area contributed by atoms with E-state index in [1.807, 2.05) is 30.3 Å². The third-order valence-corrected chi connectivity index (χ3v) is 6.89. The fourth-order valence-electron chi connectivity index (χ4n) is 4.81. The maximum Gasteiger partial charge on any atom is 0.527 e. The van der Waals surface area contributed by atoms with Crippen LogP contribution in [0.4, 0.5) is 4.79 Å². The summed E-state index contributed by atoms with van der Waals surface area (Å²) in [4.78, 5) is 67.9. The van der Waals surface area contributed by atoms with Gasteiger partial charge >= 0.3 is 12.1 Å². The Morgan fingerprint density at radius 2 is 1.71 bits per heavy atom. The highest BCUT2D eigenvalue weighted by Gasteiger charge is 2.31. The molecule has 2 aliphatic heterocycles. The standard InChI is InChI=1S/C28H36N6O7/c1-2-40-28(39)41-34-16-14-33(15-17-34)27(38)22(10-11-24(35)36)31-26(37)23-18-21(19-32-12-6-7-13-32)29-25(30-23)20-8-4-3-5-9-20/h3-5,8-9,18,22H,2,6-7,10-17,19H2,1H3,(H,31,37)(H,35,36)/t22-/m0/s1. The maximum absolute atomic E-state index is 13.5. The third-order valence-electron chi connectivity index (χ3n) is 6.89. The summed E-state index contributed by atoms with van der Waals surface area (Å²) < 4.78 is 4.78. The lowest BCUT2D eigenvalue weighted by Gasteiger charge is -2.35. The molecule has 0 aliphatic carbocycles. The fourth-order valence-corrected chi connectivity index (χ4v) is 4.81. The van der Waals surface area contributed by atoms with E-state index in [1.54, 1.807) is 13.0 Å². The number of piperazine rings is 1. The molecule has 41 heavy (non-hydrogen) atoms. The molecule has 220 valence electrons. The van der Waals surface area contributed by atoms with Gasteiger partial charge in [-0.3, -0.25) is 19.3 Å². The van der Waals surface area contributed by atoms with Crippen molar-refractivity contribution in [3.63, 3.8) is 0 Å². The summed E-state index contributed by atoms with van der Waals surface area (Å²) in [6.07, 6.45) is 1.02. The van der Waals surface area contributed by atoms with Crippen LogP contribution in [0.3, 0.4) is 0 Å². The molecule has 0 spiro atoms. The van der Waals surface area contributed by atoms with E-state index in [-0.39, 0.29) is 51.3 Å². The summed E-state index contributed by atoms with van der Waals surface area (Å²) >= 11 is 0. The Morgan fingerprint density at radius 3 is 2.37 bits per heavy atom. The van der Waals surface area contributed by atoms with E-state index in [4.69, 9.17) is 14.6 Å². The van der Waals surface area contributed by atoms with Crippen LogP contribution >= 0.6 is 0 Å². The molecule has 0 saturated carbocycles. The van der Waals surface area contributed by atoms with Crippen molar-refractivity contribution >= 4 is 23.9 Å². The van der Waals surface area contributed by atoms with Crippen LogP contribution in [0.5, 0.6) is 0 Å². The molecule has 1 atom stereocenters. The quantitative estimate of drug-likeness (QED) is 0.382. The SMILES string of the molecule is CCOC(=O)ON1CCN(C(=O)[C@H](CCC(=O)O)NC(=O)c2cc(CN3CCCC3)nc(-c3ccccc3)n2)CC1. The molecule has 0 unspecified atom stereocenters. The molecule has 4 rings (SSSR count). The van der Waals surface area contributed by atoms with Crippen LogP contribution in [0.1, 0.15) is 48.8 Å². The lowest BCUT2D eigenvalue weighted by atomic mass is 10.1. The second kappa shape index (κ2) is 14.5. The second-order valence-corrected chi connectivity index (χ2v) is 9.90. The number of amides is 2. The molecule has 2 N–H and O–H groups in total. The van der Waals surface area contributed by atoms with Crippen LogP contribution in [0.2, 0.25) is 0 Å². The fraction of sp³-hybridized carbons (Fsp3) is 0.500. The van der Waals surface area contributed by atoms with Gasteiger partial charge in [0.1, 0.15) is 11.7 Å². The Balaban J connectivity index is 1.49. The number of carboxylic acids is 1. The number of aliphatic carboxylic acids is 1. The van der Waals surface area contributed by atoms with E-state index in [2.05, 4.69) is 15.2 Å². The van der Waals surface area contributed by atoms with Gasteiger partial charge in [-0.2, -0.15) is 0 Å². The first-order valence-electron chi connectivity index (χ1n) is 13.9. The number of nitrogens with zero attached hydrogens (tertiary/aromatic N) is 5. The zero-order valence-electron chi connectivity index (χ0n) is 23.2. The zero-order chi connectivity index (χ0) is 29.2. The minimum absolute atomic E-state index is 0.0866. The molecular formula is C28H36N6O7. The van der Waals surface area contributed by atoms with Crippen LogP contribution in [0.25, 0.3) is 11.4 Å². The number of hydrogen-bond acceptors (Lipinski definition) is 10. The summed E-state index contributed by atoms with van der Waals surface area (Å²) in [6.45, 7) is 5.27. The maximum atomic E-state index is 13.5. The van der Waals surface area contributed by atoms with Crippen LogP contribution < -0.4 is 5.32 Å². The highest BCUT2D eigenvalue weighted by atomic mass is 16.8. The molecule has 2 saturated heterocycles. The topological polar surface area (TPSA) is 154 Å². The molecule has 1 aromatic carbocycles. The zero-order valence-corrected chi connectivity index (χ0v) is 23.2. The van der Waals surface area contributed by atoms with Gasteiger partial charge in [0.2, 0.25) is 5.91 Å². The van der Waals surface area contributed by atoms with Gasteiger partial charge in [0.25, 0.3) is 5.91 Å². The third kappa shape index (κ3) is 8.69. The summed E-state index contributed by atoms with van der Waals surface area (Å²) in [5.41, 5.74) is 1.55. The molecule has 1 aromatic heterocycles.